The molecule has 0 saturated heterocycles. The van der Waals surface area contributed by atoms with Crippen LogP contribution in [-0.2, 0) is 29.7 Å². The molecule has 0 spiro atoms. The quantitative estimate of drug-likeness (QED) is 0.517. The fourth-order valence-corrected chi connectivity index (χ4v) is 2.01. The first-order chi connectivity index (χ1) is 9.03. The Labute approximate surface area is 116 Å². The smallest absolute Gasteiger partial charge is 0.341 e. The second-order valence-electron chi connectivity index (χ2n) is 3.69. The van der Waals surface area contributed by atoms with Crippen LogP contribution >= 0.6 is 15.9 Å². The summed E-state index contributed by atoms with van der Waals surface area (Å²) in [6.45, 7) is 0. The summed E-state index contributed by atoms with van der Waals surface area (Å²) in [5, 5.41) is 9.13. The number of carbonyl (C=O) groups excluding carboxylic acids is 2. The van der Waals surface area contributed by atoms with E-state index in [2.05, 4.69) is 25.6 Å². The average molecular weight is 329 g/mol. The Morgan fingerprint density at radius 2 is 2.00 bits per heavy atom. The van der Waals surface area contributed by atoms with E-state index in [1.165, 1.54) is 12.1 Å². The van der Waals surface area contributed by atoms with Crippen LogP contribution in [0.2, 0.25) is 0 Å². The van der Waals surface area contributed by atoms with Crippen molar-refractivity contribution in [3.8, 4) is 0 Å². The van der Waals surface area contributed by atoms with Crippen molar-refractivity contribution in [1.82, 2.24) is 0 Å². The number of carbonyl (C=O) groups is 2. The molecule has 0 unspecified atom stereocenters. The van der Waals surface area contributed by atoms with Gasteiger partial charge in [-0.1, -0.05) is 28.1 Å². The van der Waals surface area contributed by atoms with Gasteiger partial charge in [-0.2, -0.15) is 4.89 Å². The van der Waals surface area contributed by atoms with Gasteiger partial charge in [0.15, 0.2) is 0 Å². The Balaban J connectivity index is 2.53. The molecule has 19 heavy (non-hydrogen) atoms. The minimum atomic E-state index is -2.00. The maximum absolute atomic E-state index is 11.7. The van der Waals surface area contributed by atoms with Crippen LogP contribution in [0, 0.1) is 0 Å². The SMILES string of the molecule is COC(=O)C1=CC(=O)O[C@@]1(OO)c1ccc(Br)cc1. The molecule has 0 fully saturated rings. The lowest BCUT2D eigenvalue weighted by molar-refractivity contribution is -0.380. The van der Waals surface area contributed by atoms with Crippen LogP contribution in [0.15, 0.2) is 40.4 Å². The molecule has 1 N–H and O–H groups in total. The predicted octanol–water partition coefficient (Wildman–Crippen LogP) is 1.75. The molecule has 6 nitrogen and oxygen atoms in total. The zero-order valence-electron chi connectivity index (χ0n) is 9.75. The zero-order valence-corrected chi connectivity index (χ0v) is 11.3. The third-order valence-electron chi connectivity index (χ3n) is 2.62. The average Bonchev–Trinajstić information content (AvgIpc) is 2.77. The number of ether oxygens (including phenoxy) is 2. The summed E-state index contributed by atoms with van der Waals surface area (Å²) in [5.74, 6) is -3.63. The highest BCUT2D eigenvalue weighted by atomic mass is 79.9. The number of methoxy groups -OCH3 is 1. The van der Waals surface area contributed by atoms with E-state index >= 15 is 0 Å². The summed E-state index contributed by atoms with van der Waals surface area (Å²) in [7, 11) is 1.15. The van der Waals surface area contributed by atoms with Crippen molar-refractivity contribution in [2.24, 2.45) is 0 Å². The van der Waals surface area contributed by atoms with Crippen molar-refractivity contribution in [2.45, 2.75) is 5.79 Å². The largest absolute Gasteiger partial charge is 0.465 e. The van der Waals surface area contributed by atoms with E-state index in [4.69, 9.17) is 9.99 Å². The maximum Gasteiger partial charge on any atom is 0.341 e. The van der Waals surface area contributed by atoms with Crippen LogP contribution < -0.4 is 0 Å². The molecule has 100 valence electrons. The van der Waals surface area contributed by atoms with Crippen LogP contribution in [0.5, 0.6) is 0 Å². The third-order valence-corrected chi connectivity index (χ3v) is 3.15. The van der Waals surface area contributed by atoms with Crippen LogP contribution in [0.1, 0.15) is 5.56 Å². The third kappa shape index (κ3) is 2.27. The van der Waals surface area contributed by atoms with E-state index in [-0.39, 0.29) is 11.1 Å². The van der Waals surface area contributed by atoms with Crippen LogP contribution in [-0.4, -0.2) is 24.3 Å². The van der Waals surface area contributed by atoms with Gasteiger partial charge in [0.1, 0.15) is 5.57 Å². The van der Waals surface area contributed by atoms with Crippen molar-refractivity contribution in [3.63, 3.8) is 0 Å². The highest BCUT2D eigenvalue weighted by Crippen LogP contribution is 2.39. The van der Waals surface area contributed by atoms with Gasteiger partial charge in [-0.15, -0.1) is 0 Å². The first kappa shape index (κ1) is 13.7. The lowest BCUT2D eigenvalue weighted by Crippen LogP contribution is -2.35. The van der Waals surface area contributed by atoms with Crippen LogP contribution in [0.25, 0.3) is 0 Å². The lowest BCUT2D eigenvalue weighted by atomic mass is 9.98. The minimum absolute atomic E-state index is 0.232. The molecule has 1 aliphatic heterocycles. The first-order valence-corrected chi connectivity index (χ1v) is 5.95. The second kappa shape index (κ2) is 5.12. The summed E-state index contributed by atoms with van der Waals surface area (Å²) in [6.07, 6.45) is 0.921. The van der Waals surface area contributed by atoms with E-state index in [1.807, 2.05) is 0 Å². The fraction of sp³-hybridized carbons (Fsp3) is 0.167. The normalized spacial score (nSPS) is 21.8. The van der Waals surface area contributed by atoms with E-state index in [1.54, 1.807) is 12.1 Å². The maximum atomic E-state index is 11.7. The summed E-state index contributed by atoms with van der Waals surface area (Å²) in [5.41, 5.74) is 0.0468. The Hall–Kier alpha value is -1.70. The van der Waals surface area contributed by atoms with Gasteiger partial charge in [0, 0.05) is 16.1 Å². The molecule has 0 radical (unpaired) electrons. The molecule has 0 saturated carbocycles. The molecule has 0 bridgehead atoms. The van der Waals surface area contributed by atoms with Crippen molar-refractivity contribution >= 4 is 27.9 Å². The minimum Gasteiger partial charge on any atom is -0.465 e. The number of cyclic esters (lactones) is 1. The molecule has 2 rings (SSSR count). The van der Waals surface area contributed by atoms with Gasteiger partial charge in [0.25, 0.3) is 0 Å². The number of halogens is 1. The summed E-state index contributed by atoms with van der Waals surface area (Å²) in [6, 6.07) is 6.37. The van der Waals surface area contributed by atoms with Gasteiger partial charge in [-0.3, -0.25) is 0 Å². The Morgan fingerprint density at radius 1 is 1.37 bits per heavy atom. The van der Waals surface area contributed by atoms with Crippen molar-refractivity contribution in [3.05, 3.63) is 46.0 Å². The standard InChI is InChI=1S/C12H9BrO6/c1-17-11(15)9-6-10(14)18-12(9,19-16)7-2-4-8(13)5-3-7/h2-6,16H,1H3/t12-/m1/s1. The van der Waals surface area contributed by atoms with Crippen molar-refractivity contribution in [2.75, 3.05) is 7.11 Å². The second-order valence-corrected chi connectivity index (χ2v) is 4.60. The summed E-state index contributed by atoms with van der Waals surface area (Å²) < 4.78 is 10.3. The number of hydrogen-bond donors (Lipinski definition) is 1. The highest BCUT2D eigenvalue weighted by molar-refractivity contribution is 9.10. The number of hydrogen-bond acceptors (Lipinski definition) is 6. The zero-order chi connectivity index (χ0) is 14.0. The number of esters is 2. The molecule has 1 aromatic carbocycles. The summed E-state index contributed by atoms with van der Waals surface area (Å²) >= 11 is 3.25. The Morgan fingerprint density at radius 3 is 2.53 bits per heavy atom. The van der Waals surface area contributed by atoms with Gasteiger partial charge in [-0.05, 0) is 12.1 Å². The molecule has 7 heteroatoms. The van der Waals surface area contributed by atoms with Crippen molar-refractivity contribution < 1.29 is 29.2 Å². The monoisotopic (exact) mass is 328 g/mol. The van der Waals surface area contributed by atoms with Gasteiger partial charge in [0.2, 0.25) is 0 Å². The topological polar surface area (TPSA) is 82.1 Å². The van der Waals surface area contributed by atoms with Crippen molar-refractivity contribution in [1.29, 1.82) is 0 Å². The lowest BCUT2D eigenvalue weighted by Gasteiger charge is -2.26. The predicted molar refractivity (Wildman–Crippen MR) is 65.7 cm³/mol. The Bertz CT molecular complexity index is 550. The summed E-state index contributed by atoms with van der Waals surface area (Å²) in [4.78, 5) is 27.3. The van der Waals surface area contributed by atoms with E-state index in [9.17, 15) is 9.59 Å². The van der Waals surface area contributed by atoms with E-state index in [0.717, 1.165) is 17.7 Å². The molecule has 1 heterocycles. The fourth-order valence-electron chi connectivity index (χ4n) is 1.75. The van der Waals surface area contributed by atoms with Gasteiger partial charge in [0.05, 0.1) is 7.11 Å². The van der Waals surface area contributed by atoms with Crippen LogP contribution in [0.3, 0.4) is 0 Å². The molecular formula is C12H9BrO6. The molecule has 1 aliphatic rings. The molecule has 0 amide bonds. The van der Waals surface area contributed by atoms with Gasteiger partial charge in [-0.25, -0.2) is 14.8 Å². The Kier molecular flexibility index (Phi) is 3.70. The van der Waals surface area contributed by atoms with Gasteiger partial charge >= 0.3 is 17.7 Å². The van der Waals surface area contributed by atoms with Gasteiger partial charge < -0.3 is 9.47 Å². The molecule has 0 aliphatic carbocycles. The van der Waals surface area contributed by atoms with E-state index < -0.39 is 17.7 Å². The van der Waals surface area contributed by atoms with Crippen LogP contribution in [0.4, 0.5) is 0 Å². The number of rotatable bonds is 3. The molecule has 0 aromatic heterocycles. The molecule has 1 atom stereocenters. The number of benzene rings is 1. The highest BCUT2D eigenvalue weighted by Gasteiger charge is 2.51. The first-order valence-electron chi connectivity index (χ1n) is 5.15. The molecular weight excluding hydrogens is 320 g/mol. The van der Waals surface area contributed by atoms with E-state index in [0.29, 0.717) is 0 Å². The molecule has 1 aromatic rings.